The summed E-state index contributed by atoms with van der Waals surface area (Å²) in [5.74, 6) is -1.92. The summed E-state index contributed by atoms with van der Waals surface area (Å²) >= 11 is 0. The molecule has 26 heavy (non-hydrogen) atoms. The molecule has 2 amide bonds. The Balaban J connectivity index is 1.68. The lowest BCUT2D eigenvalue weighted by molar-refractivity contribution is 0.0707. The number of aliphatic hydroxyl groups is 1. The molecule has 2 atom stereocenters. The zero-order valence-corrected chi connectivity index (χ0v) is 13.9. The minimum absolute atomic E-state index is 0.105. The van der Waals surface area contributed by atoms with Gasteiger partial charge < -0.3 is 15.3 Å². The lowest BCUT2D eigenvalue weighted by Gasteiger charge is -2.24. The fourth-order valence-electron chi connectivity index (χ4n) is 3.06. The summed E-state index contributed by atoms with van der Waals surface area (Å²) in [6.07, 6.45) is -0.423. The molecule has 136 valence electrons. The van der Waals surface area contributed by atoms with Crippen molar-refractivity contribution in [3.8, 4) is 0 Å². The molecule has 1 saturated heterocycles. The molecule has 0 unspecified atom stereocenters. The fraction of sp³-hybridized carbons (Fsp3) is 0.263. The van der Waals surface area contributed by atoms with Gasteiger partial charge >= 0.3 is 0 Å². The third kappa shape index (κ3) is 4.05. The largest absolute Gasteiger partial charge is 0.391 e. The summed E-state index contributed by atoms with van der Waals surface area (Å²) in [5, 5.41) is 12.6. The second-order valence-electron chi connectivity index (χ2n) is 6.23. The van der Waals surface area contributed by atoms with Gasteiger partial charge in [0.15, 0.2) is 0 Å². The zero-order valence-electron chi connectivity index (χ0n) is 13.9. The van der Waals surface area contributed by atoms with Crippen LogP contribution in [0.3, 0.4) is 0 Å². The number of amides is 2. The average Bonchev–Trinajstić information content (AvgIpc) is 2.99. The molecule has 0 spiro atoms. The first-order valence-electron chi connectivity index (χ1n) is 8.22. The van der Waals surface area contributed by atoms with Crippen molar-refractivity contribution in [3.63, 3.8) is 0 Å². The summed E-state index contributed by atoms with van der Waals surface area (Å²) in [4.78, 5) is 26.2. The molecule has 2 aromatic carbocycles. The highest BCUT2D eigenvalue weighted by Crippen LogP contribution is 2.21. The third-order valence-corrected chi connectivity index (χ3v) is 4.31. The predicted molar refractivity (Wildman–Crippen MR) is 90.6 cm³/mol. The van der Waals surface area contributed by atoms with E-state index in [1.807, 2.05) is 0 Å². The summed E-state index contributed by atoms with van der Waals surface area (Å²) in [7, 11) is 0. The molecular formula is C19H18F2N2O3. The number of nitrogens with zero attached hydrogens (tertiary/aromatic N) is 1. The normalized spacial score (nSPS) is 19.4. The summed E-state index contributed by atoms with van der Waals surface area (Å²) in [5.41, 5.74) is 0.354. The maximum absolute atomic E-state index is 13.4. The first-order valence-corrected chi connectivity index (χ1v) is 8.22. The topological polar surface area (TPSA) is 69.6 Å². The van der Waals surface area contributed by atoms with Crippen LogP contribution in [-0.4, -0.2) is 47.1 Å². The number of likely N-dealkylation sites (tertiary alicyclic amines) is 1. The van der Waals surface area contributed by atoms with E-state index in [-0.39, 0.29) is 24.2 Å². The van der Waals surface area contributed by atoms with Gasteiger partial charge in [0.1, 0.15) is 11.6 Å². The van der Waals surface area contributed by atoms with Crippen LogP contribution in [-0.2, 0) is 0 Å². The van der Waals surface area contributed by atoms with Gasteiger partial charge in [0.25, 0.3) is 11.8 Å². The minimum Gasteiger partial charge on any atom is -0.391 e. The molecule has 1 aliphatic rings. The van der Waals surface area contributed by atoms with E-state index in [1.54, 1.807) is 0 Å². The number of nitrogens with one attached hydrogen (secondary N) is 1. The van der Waals surface area contributed by atoms with E-state index in [1.165, 1.54) is 41.3 Å². The molecule has 0 aromatic heterocycles. The van der Waals surface area contributed by atoms with Crippen molar-refractivity contribution in [2.75, 3.05) is 13.1 Å². The zero-order chi connectivity index (χ0) is 18.7. The molecule has 0 saturated carbocycles. The summed E-state index contributed by atoms with van der Waals surface area (Å²) in [6, 6.07) is 10.2. The van der Waals surface area contributed by atoms with Crippen LogP contribution in [0.1, 0.15) is 27.1 Å². The van der Waals surface area contributed by atoms with Gasteiger partial charge in [-0.25, -0.2) is 8.78 Å². The molecule has 0 radical (unpaired) electrons. The van der Waals surface area contributed by atoms with E-state index in [2.05, 4.69) is 5.32 Å². The van der Waals surface area contributed by atoms with E-state index in [9.17, 15) is 23.5 Å². The van der Waals surface area contributed by atoms with Crippen LogP contribution in [0.25, 0.3) is 0 Å². The van der Waals surface area contributed by atoms with Crippen LogP contribution >= 0.6 is 0 Å². The maximum atomic E-state index is 13.4. The average molecular weight is 360 g/mol. The first kappa shape index (κ1) is 18.0. The molecule has 5 nitrogen and oxygen atoms in total. The van der Waals surface area contributed by atoms with Crippen molar-refractivity contribution in [2.24, 2.45) is 0 Å². The monoisotopic (exact) mass is 360 g/mol. The Morgan fingerprint density at radius 2 is 1.69 bits per heavy atom. The van der Waals surface area contributed by atoms with Crippen molar-refractivity contribution in [3.05, 3.63) is 71.3 Å². The van der Waals surface area contributed by atoms with Crippen molar-refractivity contribution in [1.29, 1.82) is 0 Å². The van der Waals surface area contributed by atoms with Gasteiger partial charge in [-0.3, -0.25) is 9.59 Å². The van der Waals surface area contributed by atoms with Crippen molar-refractivity contribution >= 4 is 11.8 Å². The molecule has 7 heteroatoms. The molecule has 0 bridgehead atoms. The second-order valence-corrected chi connectivity index (χ2v) is 6.23. The molecule has 1 fully saturated rings. The fourth-order valence-corrected chi connectivity index (χ4v) is 3.06. The number of rotatable bonds is 4. The Labute approximate surface area is 149 Å². The standard InChI is InChI=1S/C19H18F2N2O3/c20-14-5-1-3-12(7-14)18(25)22-10-16-9-17(24)11-23(16)19(26)13-4-2-6-15(21)8-13/h1-8,16-17,24H,9-11H2,(H,22,25)/t16-,17-/m1/s1. The molecule has 0 aliphatic carbocycles. The number of hydrogen-bond acceptors (Lipinski definition) is 3. The Bertz CT molecular complexity index is 828. The van der Waals surface area contributed by atoms with Crippen LogP contribution in [0.4, 0.5) is 8.78 Å². The number of hydrogen-bond donors (Lipinski definition) is 2. The smallest absolute Gasteiger partial charge is 0.254 e. The van der Waals surface area contributed by atoms with Crippen LogP contribution in [0.2, 0.25) is 0 Å². The number of halogens is 2. The van der Waals surface area contributed by atoms with Crippen LogP contribution in [0.15, 0.2) is 48.5 Å². The van der Waals surface area contributed by atoms with Crippen LogP contribution < -0.4 is 5.32 Å². The Morgan fingerprint density at radius 3 is 2.35 bits per heavy atom. The molecule has 1 aliphatic heterocycles. The molecule has 1 heterocycles. The van der Waals surface area contributed by atoms with Gasteiger partial charge in [0.2, 0.25) is 0 Å². The maximum Gasteiger partial charge on any atom is 0.254 e. The van der Waals surface area contributed by atoms with Crippen LogP contribution in [0.5, 0.6) is 0 Å². The molecule has 3 rings (SSSR count). The van der Waals surface area contributed by atoms with Gasteiger partial charge in [0.05, 0.1) is 12.1 Å². The van der Waals surface area contributed by atoms with E-state index >= 15 is 0 Å². The van der Waals surface area contributed by atoms with Gasteiger partial charge in [-0.1, -0.05) is 12.1 Å². The Hall–Kier alpha value is -2.80. The van der Waals surface area contributed by atoms with E-state index < -0.39 is 35.6 Å². The molecule has 2 N–H and O–H groups in total. The van der Waals surface area contributed by atoms with Gasteiger partial charge in [-0.15, -0.1) is 0 Å². The predicted octanol–water partition coefficient (Wildman–Crippen LogP) is 1.97. The van der Waals surface area contributed by atoms with Crippen molar-refractivity contribution in [2.45, 2.75) is 18.6 Å². The Morgan fingerprint density at radius 1 is 1.08 bits per heavy atom. The van der Waals surface area contributed by atoms with Gasteiger partial charge in [0, 0.05) is 24.2 Å². The molecular weight excluding hydrogens is 342 g/mol. The quantitative estimate of drug-likeness (QED) is 0.876. The Kier molecular flexibility index (Phi) is 5.27. The highest BCUT2D eigenvalue weighted by molar-refractivity contribution is 5.95. The van der Waals surface area contributed by atoms with E-state index in [0.717, 1.165) is 12.1 Å². The van der Waals surface area contributed by atoms with Crippen molar-refractivity contribution in [1.82, 2.24) is 10.2 Å². The number of carbonyl (C=O) groups is 2. The summed E-state index contributed by atoms with van der Waals surface area (Å²) < 4.78 is 26.6. The lowest BCUT2D eigenvalue weighted by Crippen LogP contribution is -2.43. The van der Waals surface area contributed by atoms with E-state index in [4.69, 9.17) is 0 Å². The third-order valence-electron chi connectivity index (χ3n) is 4.31. The second kappa shape index (κ2) is 7.61. The van der Waals surface area contributed by atoms with Crippen LogP contribution in [0, 0.1) is 11.6 Å². The lowest BCUT2D eigenvalue weighted by atomic mass is 10.1. The highest BCUT2D eigenvalue weighted by Gasteiger charge is 2.35. The number of aliphatic hydroxyl groups excluding tert-OH is 1. The van der Waals surface area contributed by atoms with Gasteiger partial charge in [-0.05, 0) is 42.8 Å². The number of benzene rings is 2. The first-order chi connectivity index (χ1) is 12.4. The van der Waals surface area contributed by atoms with E-state index in [0.29, 0.717) is 6.42 Å². The summed E-state index contributed by atoms with van der Waals surface area (Å²) in [6.45, 7) is 0.212. The SMILES string of the molecule is O=C(NC[C@H]1C[C@@H](O)CN1C(=O)c1cccc(F)c1)c1cccc(F)c1. The number of β-amino-alcohol motifs (C(OH)–C–C–N with tert-alkyl or cyclic N) is 1. The number of carbonyl (C=O) groups excluding carboxylic acids is 2. The van der Waals surface area contributed by atoms with Gasteiger partial charge in [-0.2, -0.15) is 0 Å². The highest BCUT2D eigenvalue weighted by atomic mass is 19.1. The minimum atomic E-state index is -0.719. The molecule has 2 aromatic rings. The van der Waals surface area contributed by atoms with Crippen molar-refractivity contribution < 1.29 is 23.5 Å².